The summed E-state index contributed by atoms with van der Waals surface area (Å²) in [5, 5.41) is 0. The van der Waals surface area contributed by atoms with Gasteiger partial charge in [-0.1, -0.05) is 13.8 Å². The van der Waals surface area contributed by atoms with Crippen LogP contribution < -0.4 is 0 Å². The SMILES string of the molecule is COC(=O)[C@@H]1CC[C@@]2(C)CCC(=O)[C@@H](C)[C@@H]2C1. The highest BCUT2D eigenvalue weighted by Crippen LogP contribution is 2.52. The number of esters is 1. The van der Waals surface area contributed by atoms with Crippen molar-refractivity contribution in [2.45, 2.75) is 46.0 Å². The number of ketones is 1. The molecule has 2 saturated carbocycles. The predicted molar refractivity (Wildman–Crippen MR) is 64.4 cm³/mol. The minimum Gasteiger partial charge on any atom is -0.469 e. The molecule has 4 atom stereocenters. The van der Waals surface area contributed by atoms with Crippen LogP contribution in [0.25, 0.3) is 0 Å². The Labute approximate surface area is 103 Å². The molecule has 0 heterocycles. The molecule has 2 fully saturated rings. The Morgan fingerprint density at radius 1 is 1.41 bits per heavy atom. The number of hydrogen-bond acceptors (Lipinski definition) is 3. The second kappa shape index (κ2) is 4.43. The number of fused-ring (bicyclic) bond motifs is 1. The standard InChI is InChI=1S/C14H22O3/c1-9-11-8-10(13(16)17-3)4-6-14(11,2)7-5-12(9)15/h9-11H,4-8H2,1-3H3/t9-,10+,11-,14-/m0/s1. The van der Waals surface area contributed by atoms with E-state index in [9.17, 15) is 9.59 Å². The second-order valence-electron chi connectivity index (χ2n) is 6.01. The molecule has 2 rings (SSSR count). The molecule has 0 aromatic heterocycles. The van der Waals surface area contributed by atoms with Gasteiger partial charge in [-0.2, -0.15) is 0 Å². The molecular weight excluding hydrogens is 216 g/mol. The Morgan fingerprint density at radius 3 is 2.76 bits per heavy atom. The van der Waals surface area contributed by atoms with Gasteiger partial charge in [0.1, 0.15) is 5.78 Å². The summed E-state index contributed by atoms with van der Waals surface area (Å²) < 4.78 is 4.84. The lowest BCUT2D eigenvalue weighted by Crippen LogP contribution is -2.45. The van der Waals surface area contributed by atoms with Gasteiger partial charge in [-0.3, -0.25) is 9.59 Å². The molecule has 0 aromatic rings. The summed E-state index contributed by atoms with van der Waals surface area (Å²) in [5.74, 6) is 0.754. The largest absolute Gasteiger partial charge is 0.469 e. The van der Waals surface area contributed by atoms with Crippen molar-refractivity contribution in [3.05, 3.63) is 0 Å². The van der Waals surface area contributed by atoms with Crippen molar-refractivity contribution in [2.75, 3.05) is 7.11 Å². The summed E-state index contributed by atoms with van der Waals surface area (Å²) in [6.07, 6.45) is 4.51. The fraction of sp³-hybridized carbons (Fsp3) is 0.857. The van der Waals surface area contributed by atoms with Crippen LogP contribution >= 0.6 is 0 Å². The van der Waals surface area contributed by atoms with Crippen LogP contribution in [0.15, 0.2) is 0 Å². The zero-order valence-corrected chi connectivity index (χ0v) is 11.0. The molecule has 0 saturated heterocycles. The lowest BCUT2D eigenvalue weighted by atomic mass is 9.55. The van der Waals surface area contributed by atoms with Crippen molar-refractivity contribution in [1.82, 2.24) is 0 Å². The van der Waals surface area contributed by atoms with Gasteiger partial charge in [-0.05, 0) is 37.0 Å². The second-order valence-corrected chi connectivity index (χ2v) is 6.01. The smallest absolute Gasteiger partial charge is 0.308 e. The van der Waals surface area contributed by atoms with E-state index in [1.165, 1.54) is 7.11 Å². The maximum atomic E-state index is 11.8. The molecule has 0 aliphatic heterocycles. The van der Waals surface area contributed by atoms with Gasteiger partial charge in [-0.25, -0.2) is 0 Å². The highest BCUT2D eigenvalue weighted by Gasteiger charge is 2.48. The van der Waals surface area contributed by atoms with Gasteiger partial charge in [-0.15, -0.1) is 0 Å². The molecule has 17 heavy (non-hydrogen) atoms. The van der Waals surface area contributed by atoms with Crippen LogP contribution in [0.4, 0.5) is 0 Å². The lowest BCUT2D eigenvalue weighted by Gasteiger charge is -2.49. The van der Waals surface area contributed by atoms with E-state index in [1.54, 1.807) is 0 Å². The van der Waals surface area contributed by atoms with Gasteiger partial charge in [0.15, 0.2) is 0 Å². The first-order valence-electron chi connectivity index (χ1n) is 6.58. The number of ether oxygens (including phenoxy) is 1. The summed E-state index contributed by atoms with van der Waals surface area (Å²) in [4.78, 5) is 23.4. The van der Waals surface area contributed by atoms with Gasteiger partial charge >= 0.3 is 5.97 Å². The van der Waals surface area contributed by atoms with Crippen molar-refractivity contribution in [3.63, 3.8) is 0 Å². The average molecular weight is 238 g/mol. The lowest BCUT2D eigenvalue weighted by molar-refractivity contribution is -0.152. The third-order valence-corrected chi connectivity index (χ3v) is 5.09. The zero-order valence-electron chi connectivity index (χ0n) is 11.0. The number of rotatable bonds is 1. The maximum Gasteiger partial charge on any atom is 0.308 e. The van der Waals surface area contributed by atoms with Crippen LogP contribution in [-0.2, 0) is 14.3 Å². The molecule has 0 unspecified atom stereocenters. The van der Waals surface area contributed by atoms with Crippen molar-refractivity contribution in [3.8, 4) is 0 Å². The maximum absolute atomic E-state index is 11.8. The molecule has 96 valence electrons. The molecule has 2 aliphatic rings. The van der Waals surface area contributed by atoms with E-state index in [2.05, 4.69) is 6.92 Å². The van der Waals surface area contributed by atoms with E-state index in [0.717, 1.165) is 32.1 Å². The van der Waals surface area contributed by atoms with E-state index < -0.39 is 0 Å². The summed E-state index contributed by atoms with van der Waals surface area (Å²) in [6, 6.07) is 0. The number of methoxy groups -OCH3 is 1. The fourth-order valence-corrected chi connectivity index (χ4v) is 3.76. The molecule has 3 nitrogen and oxygen atoms in total. The Morgan fingerprint density at radius 2 is 2.12 bits per heavy atom. The number of Topliss-reactive ketones (excluding diaryl/α,β-unsaturated/α-hetero) is 1. The Balaban J connectivity index is 2.15. The van der Waals surface area contributed by atoms with Crippen LogP contribution in [0, 0.1) is 23.2 Å². The molecule has 0 N–H and O–H groups in total. The molecule has 3 heteroatoms. The quantitative estimate of drug-likeness (QED) is 0.659. The molecule has 0 amide bonds. The Bertz CT molecular complexity index is 336. The molecule has 2 aliphatic carbocycles. The van der Waals surface area contributed by atoms with Gasteiger partial charge in [0.2, 0.25) is 0 Å². The summed E-state index contributed by atoms with van der Waals surface area (Å²) in [6.45, 7) is 4.32. The zero-order chi connectivity index (χ0) is 12.6. The van der Waals surface area contributed by atoms with Crippen LogP contribution in [0.2, 0.25) is 0 Å². The van der Waals surface area contributed by atoms with Crippen molar-refractivity contribution in [1.29, 1.82) is 0 Å². The van der Waals surface area contributed by atoms with E-state index >= 15 is 0 Å². The van der Waals surface area contributed by atoms with E-state index in [0.29, 0.717) is 11.7 Å². The molecule has 0 radical (unpaired) electrons. The number of carbonyl (C=O) groups excluding carboxylic acids is 2. The van der Waals surface area contributed by atoms with E-state index in [4.69, 9.17) is 4.74 Å². The number of carbonyl (C=O) groups is 2. The molecule has 0 spiro atoms. The highest BCUT2D eigenvalue weighted by molar-refractivity contribution is 5.82. The van der Waals surface area contributed by atoms with E-state index in [-0.39, 0.29) is 23.2 Å². The predicted octanol–water partition coefficient (Wildman–Crippen LogP) is 2.58. The minimum absolute atomic E-state index is 0.00595. The van der Waals surface area contributed by atoms with Gasteiger partial charge in [0.25, 0.3) is 0 Å². The summed E-state index contributed by atoms with van der Waals surface area (Å²) in [7, 11) is 1.45. The van der Waals surface area contributed by atoms with Crippen LogP contribution in [0.3, 0.4) is 0 Å². The van der Waals surface area contributed by atoms with Crippen LogP contribution in [0.5, 0.6) is 0 Å². The first kappa shape index (κ1) is 12.6. The monoisotopic (exact) mass is 238 g/mol. The van der Waals surface area contributed by atoms with E-state index in [1.807, 2.05) is 6.92 Å². The molecular formula is C14H22O3. The van der Waals surface area contributed by atoms with Crippen LogP contribution in [0.1, 0.15) is 46.0 Å². The topological polar surface area (TPSA) is 43.4 Å². The summed E-state index contributed by atoms with van der Waals surface area (Å²) in [5.41, 5.74) is 0.262. The van der Waals surface area contributed by atoms with Crippen molar-refractivity contribution in [2.24, 2.45) is 23.2 Å². The van der Waals surface area contributed by atoms with Crippen molar-refractivity contribution < 1.29 is 14.3 Å². The van der Waals surface area contributed by atoms with Gasteiger partial charge in [0, 0.05) is 12.3 Å². The normalized spacial score (nSPS) is 41.8. The molecule has 0 aromatic carbocycles. The Kier molecular flexibility index (Phi) is 3.28. The number of hydrogen-bond donors (Lipinski definition) is 0. The van der Waals surface area contributed by atoms with Gasteiger partial charge in [0.05, 0.1) is 13.0 Å². The van der Waals surface area contributed by atoms with Crippen LogP contribution in [-0.4, -0.2) is 18.9 Å². The first-order valence-corrected chi connectivity index (χ1v) is 6.58. The van der Waals surface area contributed by atoms with Gasteiger partial charge < -0.3 is 4.74 Å². The minimum atomic E-state index is -0.0997. The first-order chi connectivity index (χ1) is 7.98. The third kappa shape index (κ3) is 2.12. The Hall–Kier alpha value is -0.860. The molecule has 0 bridgehead atoms. The third-order valence-electron chi connectivity index (χ3n) is 5.09. The van der Waals surface area contributed by atoms with Crippen molar-refractivity contribution >= 4 is 11.8 Å². The fourth-order valence-electron chi connectivity index (χ4n) is 3.76. The summed E-state index contributed by atoms with van der Waals surface area (Å²) >= 11 is 0. The average Bonchev–Trinajstić information content (AvgIpc) is 2.33. The highest BCUT2D eigenvalue weighted by atomic mass is 16.5.